The van der Waals surface area contributed by atoms with Crippen molar-refractivity contribution < 1.29 is 4.79 Å². The summed E-state index contributed by atoms with van der Waals surface area (Å²) in [6.07, 6.45) is 8.14. The van der Waals surface area contributed by atoms with Crippen LogP contribution in [0.4, 0.5) is 0 Å². The molecule has 1 N–H and O–H groups in total. The molecule has 30 heavy (non-hydrogen) atoms. The summed E-state index contributed by atoms with van der Waals surface area (Å²) in [6, 6.07) is 4.14. The first-order valence-corrected chi connectivity index (χ1v) is 12.2. The second-order valence-corrected chi connectivity index (χ2v) is 9.97. The molecule has 1 amide bonds. The van der Waals surface area contributed by atoms with Gasteiger partial charge in [0.15, 0.2) is 0 Å². The van der Waals surface area contributed by atoms with Crippen molar-refractivity contribution in [3.05, 3.63) is 49.8 Å². The molecule has 6 nitrogen and oxygen atoms in total. The number of likely N-dealkylation sites (tertiary alicyclic amines) is 1. The quantitative estimate of drug-likeness (QED) is 0.811. The van der Waals surface area contributed by atoms with E-state index in [2.05, 4.69) is 27.4 Å². The third-order valence-corrected chi connectivity index (χ3v) is 7.79. The fourth-order valence-electron chi connectivity index (χ4n) is 5.30. The van der Waals surface area contributed by atoms with Crippen LogP contribution in [0.2, 0.25) is 0 Å². The van der Waals surface area contributed by atoms with Crippen LogP contribution in [0.5, 0.6) is 0 Å². The van der Waals surface area contributed by atoms with E-state index in [9.17, 15) is 9.59 Å². The van der Waals surface area contributed by atoms with Crippen molar-refractivity contribution in [3.8, 4) is 0 Å². The highest BCUT2D eigenvalue weighted by Gasteiger charge is 2.35. The SMILES string of the molecule is O=C(C1CCCC1)N1CCCCC1c1nc2c(c(=O)[nH]1)CN(Cc1cccs1)CC2. The number of amides is 1. The number of carbonyl (C=O) groups is 1. The van der Waals surface area contributed by atoms with E-state index in [0.717, 1.165) is 82.3 Å². The van der Waals surface area contributed by atoms with Crippen LogP contribution in [0.15, 0.2) is 22.3 Å². The number of H-pyrrole nitrogens is 1. The molecule has 2 aromatic heterocycles. The van der Waals surface area contributed by atoms with E-state index in [-0.39, 0.29) is 23.4 Å². The van der Waals surface area contributed by atoms with E-state index < -0.39 is 0 Å². The maximum atomic E-state index is 13.2. The summed E-state index contributed by atoms with van der Waals surface area (Å²) >= 11 is 1.76. The van der Waals surface area contributed by atoms with Gasteiger partial charge in [0.05, 0.1) is 17.3 Å². The molecular weight excluding hydrogens is 396 g/mol. The zero-order valence-corrected chi connectivity index (χ0v) is 18.3. The molecule has 3 aliphatic rings. The molecule has 2 aromatic rings. The zero-order chi connectivity index (χ0) is 20.5. The third-order valence-electron chi connectivity index (χ3n) is 6.93. The lowest BCUT2D eigenvalue weighted by Crippen LogP contribution is -2.43. The Morgan fingerprint density at radius 3 is 2.80 bits per heavy atom. The molecule has 7 heteroatoms. The minimum absolute atomic E-state index is 0.0234. The number of thiophene rings is 1. The molecule has 0 radical (unpaired) electrons. The number of nitrogens with zero attached hydrogens (tertiary/aromatic N) is 3. The smallest absolute Gasteiger partial charge is 0.255 e. The minimum atomic E-state index is -0.0750. The maximum absolute atomic E-state index is 13.2. The third kappa shape index (κ3) is 3.97. The number of nitrogens with one attached hydrogen (secondary N) is 1. The zero-order valence-electron chi connectivity index (χ0n) is 17.4. The van der Waals surface area contributed by atoms with Crippen LogP contribution >= 0.6 is 11.3 Å². The standard InChI is InChI=1S/C23H30N4O2S/c28-22-18-15-26(14-17-8-5-13-30-17)12-10-19(18)24-21(25-22)20-9-3-4-11-27(20)23(29)16-6-1-2-7-16/h5,8,13,16,20H,1-4,6-7,9-12,14-15H2,(H,24,25,28). The molecule has 2 fully saturated rings. The van der Waals surface area contributed by atoms with Gasteiger partial charge in [-0.25, -0.2) is 4.98 Å². The number of rotatable bonds is 4. The van der Waals surface area contributed by atoms with Gasteiger partial charge < -0.3 is 9.88 Å². The maximum Gasteiger partial charge on any atom is 0.255 e. The normalized spacial score (nSPS) is 22.9. The summed E-state index contributed by atoms with van der Waals surface area (Å²) in [6.45, 7) is 3.22. The first-order chi connectivity index (χ1) is 14.7. The largest absolute Gasteiger partial charge is 0.332 e. The number of hydrogen-bond donors (Lipinski definition) is 1. The lowest BCUT2D eigenvalue weighted by atomic mass is 9.97. The summed E-state index contributed by atoms with van der Waals surface area (Å²) in [5.41, 5.74) is 1.70. The molecule has 0 spiro atoms. The molecule has 4 heterocycles. The number of aromatic nitrogens is 2. The number of carbonyl (C=O) groups excluding carboxylic acids is 1. The van der Waals surface area contributed by atoms with Crippen molar-refractivity contribution in [1.82, 2.24) is 19.8 Å². The van der Waals surface area contributed by atoms with Gasteiger partial charge in [-0.2, -0.15) is 0 Å². The topological polar surface area (TPSA) is 69.3 Å². The molecule has 1 atom stereocenters. The second-order valence-electron chi connectivity index (χ2n) is 8.94. The highest BCUT2D eigenvalue weighted by atomic mass is 32.1. The minimum Gasteiger partial charge on any atom is -0.332 e. The molecule has 0 aromatic carbocycles. The number of piperidine rings is 1. The molecule has 2 aliphatic heterocycles. The predicted octanol–water partition coefficient (Wildman–Crippen LogP) is 3.63. The van der Waals surface area contributed by atoms with Gasteiger partial charge in [0.25, 0.3) is 5.56 Å². The molecule has 1 saturated carbocycles. The summed E-state index contributed by atoms with van der Waals surface area (Å²) in [4.78, 5) is 39.8. The van der Waals surface area contributed by atoms with Crippen molar-refractivity contribution in [2.45, 2.75) is 70.5 Å². The van der Waals surface area contributed by atoms with Crippen molar-refractivity contribution in [3.63, 3.8) is 0 Å². The molecule has 160 valence electrons. The predicted molar refractivity (Wildman–Crippen MR) is 117 cm³/mol. The van der Waals surface area contributed by atoms with E-state index in [1.807, 2.05) is 4.90 Å². The van der Waals surface area contributed by atoms with Crippen LogP contribution in [0.25, 0.3) is 0 Å². The lowest BCUT2D eigenvalue weighted by molar-refractivity contribution is -0.139. The molecule has 1 unspecified atom stereocenters. The molecule has 5 rings (SSSR count). The van der Waals surface area contributed by atoms with Crippen LogP contribution in [-0.2, 0) is 24.3 Å². The summed E-state index contributed by atoms with van der Waals surface area (Å²) in [7, 11) is 0. The van der Waals surface area contributed by atoms with E-state index in [1.54, 1.807) is 11.3 Å². The van der Waals surface area contributed by atoms with Crippen molar-refractivity contribution >= 4 is 17.2 Å². The second kappa shape index (κ2) is 8.63. The Kier molecular flexibility index (Phi) is 5.74. The van der Waals surface area contributed by atoms with Crippen LogP contribution in [-0.4, -0.2) is 38.8 Å². The fraction of sp³-hybridized carbons (Fsp3) is 0.609. The van der Waals surface area contributed by atoms with E-state index in [4.69, 9.17) is 4.98 Å². The van der Waals surface area contributed by atoms with Crippen molar-refractivity contribution in [2.24, 2.45) is 5.92 Å². The number of aromatic amines is 1. The number of hydrogen-bond acceptors (Lipinski definition) is 5. The Morgan fingerprint density at radius 1 is 1.17 bits per heavy atom. The fourth-order valence-corrected chi connectivity index (χ4v) is 6.05. The van der Waals surface area contributed by atoms with Crippen molar-refractivity contribution in [1.29, 1.82) is 0 Å². The monoisotopic (exact) mass is 426 g/mol. The Hall–Kier alpha value is -1.99. The average Bonchev–Trinajstić information content (AvgIpc) is 3.48. The summed E-state index contributed by atoms with van der Waals surface area (Å²) in [5.74, 6) is 1.15. The van der Waals surface area contributed by atoms with Gasteiger partial charge in [-0.1, -0.05) is 18.9 Å². The highest BCUT2D eigenvalue weighted by molar-refractivity contribution is 7.09. The Bertz CT molecular complexity index is 949. The van der Waals surface area contributed by atoms with Crippen LogP contribution in [0.3, 0.4) is 0 Å². The average molecular weight is 427 g/mol. The Labute approximate surface area is 181 Å². The molecule has 0 bridgehead atoms. The van der Waals surface area contributed by atoms with Gasteiger partial charge in [0.1, 0.15) is 5.82 Å². The van der Waals surface area contributed by atoms with E-state index in [1.165, 1.54) is 4.88 Å². The van der Waals surface area contributed by atoms with Crippen molar-refractivity contribution in [2.75, 3.05) is 13.1 Å². The van der Waals surface area contributed by atoms with Crippen LogP contribution in [0.1, 0.15) is 72.9 Å². The first-order valence-electron chi connectivity index (χ1n) is 11.4. The Morgan fingerprint density at radius 2 is 2.00 bits per heavy atom. The lowest BCUT2D eigenvalue weighted by Gasteiger charge is -2.37. The van der Waals surface area contributed by atoms with Gasteiger partial charge in [-0.05, 0) is 43.6 Å². The summed E-state index contributed by atoms with van der Waals surface area (Å²) in [5, 5.41) is 2.09. The van der Waals surface area contributed by atoms with Crippen LogP contribution < -0.4 is 5.56 Å². The highest BCUT2D eigenvalue weighted by Crippen LogP contribution is 2.34. The first kappa shape index (κ1) is 19.9. The van der Waals surface area contributed by atoms with Crippen LogP contribution in [0, 0.1) is 5.92 Å². The Balaban J connectivity index is 1.37. The molecule has 1 saturated heterocycles. The van der Waals surface area contributed by atoms with E-state index >= 15 is 0 Å². The molecular formula is C23H30N4O2S. The summed E-state index contributed by atoms with van der Waals surface area (Å²) < 4.78 is 0. The van der Waals surface area contributed by atoms with Gasteiger partial charge in [0, 0.05) is 43.4 Å². The molecule has 1 aliphatic carbocycles. The van der Waals surface area contributed by atoms with Gasteiger partial charge >= 0.3 is 0 Å². The number of fused-ring (bicyclic) bond motifs is 1. The van der Waals surface area contributed by atoms with Gasteiger partial charge in [-0.3, -0.25) is 14.5 Å². The van der Waals surface area contributed by atoms with E-state index in [0.29, 0.717) is 12.4 Å². The van der Waals surface area contributed by atoms with Gasteiger partial charge in [0.2, 0.25) is 5.91 Å². The van der Waals surface area contributed by atoms with Gasteiger partial charge in [-0.15, -0.1) is 11.3 Å².